The lowest BCUT2D eigenvalue weighted by Gasteiger charge is -2.03. The van der Waals surface area contributed by atoms with Crippen LogP contribution in [-0.2, 0) is 0 Å². The van der Waals surface area contributed by atoms with Crippen molar-refractivity contribution in [2.75, 3.05) is 5.32 Å². The summed E-state index contributed by atoms with van der Waals surface area (Å²) in [4.78, 5) is 30.9. The minimum Gasteiger partial charge on any atom is -0.318 e. The number of hydrogen-bond acceptors (Lipinski definition) is 3. The molecule has 0 aliphatic heterocycles. The number of aromatic nitrogens is 3. The number of carbonyl (C=O) groups is 1. The van der Waals surface area contributed by atoms with Crippen LogP contribution in [0.1, 0.15) is 10.5 Å². The Balaban J connectivity index is 2.20. The highest BCUT2D eigenvalue weighted by atomic mass is 35.5. The van der Waals surface area contributed by atoms with E-state index in [9.17, 15) is 9.59 Å². The van der Waals surface area contributed by atoms with Gasteiger partial charge in [0.15, 0.2) is 0 Å². The highest BCUT2D eigenvalue weighted by Crippen LogP contribution is 2.19. The van der Waals surface area contributed by atoms with Gasteiger partial charge in [0.2, 0.25) is 0 Å². The van der Waals surface area contributed by atoms with Gasteiger partial charge in [-0.25, -0.2) is 4.79 Å². The number of anilines is 1. The molecule has 1 amide bonds. The Kier molecular flexibility index (Phi) is 2.74. The molecule has 0 unspecified atom stereocenters. The van der Waals surface area contributed by atoms with Gasteiger partial charge in [0.1, 0.15) is 5.69 Å². The molecule has 16 heavy (non-hydrogen) atoms. The molecule has 0 aromatic carbocycles. The average molecular weight is 239 g/mol. The average Bonchev–Trinajstić information content (AvgIpc) is 2.68. The zero-order chi connectivity index (χ0) is 11.5. The number of aromatic amines is 2. The van der Waals surface area contributed by atoms with E-state index in [1.807, 2.05) is 0 Å². The van der Waals surface area contributed by atoms with E-state index in [1.165, 1.54) is 18.6 Å². The molecule has 7 heteroatoms. The van der Waals surface area contributed by atoms with Crippen LogP contribution in [0.2, 0.25) is 5.02 Å². The van der Waals surface area contributed by atoms with Crippen LogP contribution in [0.3, 0.4) is 0 Å². The summed E-state index contributed by atoms with van der Waals surface area (Å²) < 4.78 is 0. The van der Waals surface area contributed by atoms with Gasteiger partial charge in [-0.1, -0.05) is 11.6 Å². The Labute approximate surface area is 94.7 Å². The van der Waals surface area contributed by atoms with Crippen LogP contribution in [0.25, 0.3) is 0 Å². The second-order valence-electron chi connectivity index (χ2n) is 2.97. The van der Waals surface area contributed by atoms with E-state index in [4.69, 9.17) is 11.6 Å². The molecular formula is C9H7ClN4O2. The quantitative estimate of drug-likeness (QED) is 0.729. The zero-order valence-corrected chi connectivity index (χ0v) is 8.71. The third-order valence-corrected chi connectivity index (χ3v) is 2.19. The smallest absolute Gasteiger partial charge is 0.318 e. The molecule has 0 saturated carbocycles. The maximum Gasteiger partial charge on any atom is 0.323 e. The molecule has 0 saturated heterocycles. The summed E-state index contributed by atoms with van der Waals surface area (Å²) in [5, 5.41) is 2.89. The largest absolute Gasteiger partial charge is 0.323 e. The molecular weight excluding hydrogens is 232 g/mol. The maximum atomic E-state index is 11.6. The van der Waals surface area contributed by atoms with Crippen LogP contribution in [-0.4, -0.2) is 20.9 Å². The number of pyridine rings is 1. The molecule has 2 rings (SSSR count). The van der Waals surface area contributed by atoms with Crippen LogP contribution in [0, 0.1) is 0 Å². The molecule has 0 fully saturated rings. The lowest BCUT2D eigenvalue weighted by atomic mass is 10.4. The third-order valence-electron chi connectivity index (χ3n) is 1.86. The van der Waals surface area contributed by atoms with Crippen LogP contribution >= 0.6 is 11.6 Å². The van der Waals surface area contributed by atoms with Gasteiger partial charge in [-0.3, -0.25) is 9.78 Å². The summed E-state index contributed by atoms with van der Waals surface area (Å²) in [5.74, 6) is -0.465. The first-order chi connectivity index (χ1) is 7.66. The molecule has 3 N–H and O–H groups in total. The van der Waals surface area contributed by atoms with Crippen molar-refractivity contribution in [1.82, 2.24) is 15.0 Å². The van der Waals surface area contributed by atoms with Gasteiger partial charge in [0.05, 0.1) is 16.9 Å². The Morgan fingerprint density at radius 1 is 1.50 bits per heavy atom. The standard InChI is InChI=1S/C9H7ClN4O2/c10-5-1-2-11-3-6(5)13-8(15)7-4-12-9(16)14-7/h1-4H,(H,13,15)(H2,12,14,16). The van der Waals surface area contributed by atoms with Crippen molar-refractivity contribution in [3.8, 4) is 0 Å². The predicted octanol–water partition coefficient (Wildman–Crippen LogP) is 1.00. The van der Waals surface area contributed by atoms with Crippen LogP contribution in [0.5, 0.6) is 0 Å². The number of carbonyl (C=O) groups excluding carboxylic acids is 1. The SMILES string of the molecule is O=C(Nc1cnccc1Cl)c1c[nH]c(=O)[nH]1. The van der Waals surface area contributed by atoms with E-state index in [0.29, 0.717) is 10.7 Å². The second kappa shape index (κ2) is 4.19. The molecule has 2 aromatic heterocycles. The fourth-order valence-corrected chi connectivity index (χ4v) is 1.27. The van der Waals surface area contributed by atoms with Crippen molar-refractivity contribution in [1.29, 1.82) is 0 Å². The number of nitrogens with zero attached hydrogens (tertiary/aromatic N) is 1. The molecule has 2 heterocycles. The van der Waals surface area contributed by atoms with Gasteiger partial charge in [0.25, 0.3) is 5.91 Å². The maximum absolute atomic E-state index is 11.6. The van der Waals surface area contributed by atoms with E-state index < -0.39 is 11.6 Å². The predicted molar refractivity (Wildman–Crippen MR) is 58.6 cm³/mol. The number of halogens is 1. The summed E-state index contributed by atoms with van der Waals surface area (Å²) in [6.07, 6.45) is 4.21. The Hall–Kier alpha value is -2.08. The van der Waals surface area contributed by atoms with Crippen molar-refractivity contribution in [3.05, 3.63) is 45.9 Å². The van der Waals surface area contributed by atoms with Crippen LogP contribution in [0.4, 0.5) is 5.69 Å². The molecule has 0 aliphatic carbocycles. The molecule has 0 bridgehead atoms. The second-order valence-corrected chi connectivity index (χ2v) is 3.37. The zero-order valence-electron chi connectivity index (χ0n) is 7.95. The topological polar surface area (TPSA) is 90.6 Å². The molecule has 2 aromatic rings. The summed E-state index contributed by atoms with van der Waals surface area (Å²) in [6, 6.07) is 1.55. The first-order valence-electron chi connectivity index (χ1n) is 4.35. The number of H-pyrrole nitrogens is 2. The monoisotopic (exact) mass is 238 g/mol. The molecule has 0 atom stereocenters. The first-order valence-corrected chi connectivity index (χ1v) is 4.73. The first kappa shape index (κ1) is 10.4. The number of hydrogen-bond donors (Lipinski definition) is 3. The fraction of sp³-hybridized carbons (Fsp3) is 0. The van der Waals surface area contributed by atoms with Gasteiger partial charge in [0, 0.05) is 12.4 Å². The summed E-state index contributed by atoms with van der Waals surface area (Å²) in [5.41, 5.74) is 0.0727. The fourth-order valence-electron chi connectivity index (χ4n) is 1.11. The van der Waals surface area contributed by atoms with E-state index >= 15 is 0 Å². The van der Waals surface area contributed by atoms with Crippen molar-refractivity contribution in [2.24, 2.45) is 0 Å². The summed E-state index contributed by atoms with van der Waals surface area (Å²) >= 11 is 5.83. The highest BCUT2D eigenvalue weighted by Gasteiger charge is 2.09. The van der Waals surface area contributed by atoms with E-state index in [0.717, 1.165) is 0 Å². The summed E-state index contributed by atoms with van der Waals surface area (Å²) in [7, 11) is 0. The molecule has 0 aliphatic rings. The van der Waals surface area contributed by atoms with E-state index in [2.05, 4.69) is 20.3 Å². The Morgan fingerprint density at radius 2 is 2.31 bits per heavy atom. The van der Waals surface area contributed by atoms with Crippen LogP contribution in [0.15, 0.2) is 29.5 Å². The van der Waals surface area contributed by atoms with Crippen molar-refractivity contribution in [3.63, 3.8) is 0 Å². The Morgan fingerprint density at radius 3 is 2.94 bits per heavy atom. The number of rotatable bonds is 2. The Bertz CT molecular complexity index is 575. The van der Waals surface area contributed by atoms with Gasteiger partial charge < -0.3 is 15.3 Å². The molecule has 6 nitrogen and oxygen atoms in total. The van der Waals surface area contributed by atoms with E-state index in [-0.39, 0.29) is 5.69 Å². The highest BCUT2D eigenvalue weighted by molar-refractivity contribution is 6.33. The van der Waals surface area contributed by atoms with Gasteiger partial charge in [-0.2, -0.15) is 0 Å². The van der Waals surface area contributed by atoms with Crippen LogP contribution < -0.4 is 11.0 Å². The molecule has 82 valence electrons. The summed E-state index contributed by atoms with van der Waals surface area (Å²) in [6.45, 7) is 0. The lowest BCUT2D eigenvalue weighted by Crippen LogP contribution is -2.14. The van der Waals surface area contributed by atoms with E-state index in [1.54, 1.807) is 6.07 Å². The lowest BCUT2D eigenvalue weighted by molar-refractivity contribution is 0.102. The van der Waals surface area contributed by atoms with Crippen molar-refractivity contribution >= 4 is 23.2 Å². The number of amides is 1. The molecule has 0 radical (unpaired) electrons. The minimum absolute atomic E-state index is 0.130. The van der Waals surface area contributed by atoms with Gasteiger partial charge in [-0.15, -0.1) is 0 Å². The number of imidazole rings is 1. The van der Waals surface area contributed by atoms with Gasteiger partial charge >= 0.3 is 5.69 Å². The van der Waals surface area contributed by atoms with Crippen molar-refractivity contribution < 1.29 is 4.79 Å². The number of nitrogens with one attached hydrogen (secondary N) is 3. The molecule has 0 spiro atoms. The normalized spacial score (nSPS) is 10.1. The van der Waals surface area contributed by atoms with Gasteiger partial charge in [-0.05, 0) is 6.07 Å². The van der Waals surface area contributed by atoms with Crippen molar-refractivity contribution in [2.45, 2.75) is 0 Å². The third kappa shape index (κ3) is 2.12. The minimum atomic E-state index is -0.465.